The molecule has 0 spiro atoms. The Bertz CT molecular complexity index is 688. The normalized spacial score (nSPS) is 9.91. The number of methoxy groups -OCH3 is 1. The van der Waals surface area contributed by atoms with Crippen LogP contribution in [0.2, 0.25) is 5.02 Å². The van der Waals surface area contributed by atoms with Crippen molar-refractivity contribution in [3.05, 3.63) is 53.1 Å². The first-order valence-electron chi connectivity index (χ1n) is 6.44. The lowest BCUT2D eigenvalue weighted by molar-refractivity contribution is -0.118. The number of hydrogen-bond acceptors (Lipinski definition) is 4. The van der Waals surface area contributed by atoms with Crippen LogP contribution in [0.3, 0.4) is 0 Å². The van der Waals surface area contributed by atoms with Gasteiger partial charge in [-0.1, -0.05) is 23.7 Å². The zero-order valence-electron chi connectivity index (χ0n) is 11.8. The number of carbonyl (C=O) groups is 2. The number of nitrogens with one attached hydrogen (secondary N) is 1. The van der Waals surface area contributed by atoms with Gasteiger partial charge in [-0.3, -0.25) is 9.59 Å². The van der Waals surface area contributed by atoms with Crippen LogP contribution >= 0.6 is 11.6 Å². The largest absolute Gasteiger partial charge is 0.495 e. The fraction of sp³-hybridized carbons (Fsp3) is 0.125. The summed E-state index contributed by atoms with van der Waals surface area (Å²) in [5.74, 6) is 0.548. The van der Waals surface area contributed by atoms with Crippen molar-refractivity contribution in [3.63, 3.8) is 0 Å². The summed E-state index contributed by atoms with van der Waals surface area (Å²) in [4.78, 5) is 22.5. The molecule has 0 saturated heterocycles. The number of hydrogen-bond donors (Lipinski definition) is 1. The van der Waals surface area contributed by atoms with E-state index in [0.29, 0.717) is 29.0 Å². The Morgan fingerprint density at radius 3 is 2.68 bits per heavy atom. The van der Waals surface area contributed by atoms with Gasteiger partial charge in [0.15, 0.2) is 6.61 Å². The lowest BCUT2D eigenvalue weighted by Crippen LogP contribution is -2.20. The molecular weight excluding hydrogens is 306 g/mol. The van der Waals surface area contributed by atoms with Crippen LogP contribution in [-0.4, -0.2) is 25.9 Å². The quantitative estimate of drug-likeness (QED) is 0.831. The average Bonchev–Trinajstić information content (AvgIpc) is 2.54. The molecular formula is C16H14ClNO4. The van der Waals surface area contributed by atoms with Crippen molar-refractivity contribution in [1.82, 2.24) is 0 Å². The summed E-state index contributed by atoms with van der Waals surface area (Å²) in [5, 5.41) is 2.96. The van der Waals surface area contributed by atoms with Crippen molar-refractivity contribution < 1.29 is 19.1 Å². The molecule has 0 atom stereocenters. The van der Waals surface area contributed by atoms with Gasteiger partial charge in [0.2, 0.25) is 0 Å². The molecule has 0 bridgehead atoms. The van der Waals surface area contributed by atoms with E-state index in [1.807, 2.05) is 0 Å². The molecule has 2 aromatic rings. The van der Waals surface area contributed by atoms with Gasteiger partial charge in [0, 0.05) is 5.56 Å². The van der Waals surface area contributed by atoms with E-state index in [4.69, 9.17) is 21.1 Å². The van der Waals surface area contributed by atoms with Gasteiger partial charge in [0.05, 0.1) is 17.8 Å². The van der Waals surface area contributed by atoms with Crippen LogP contribution in [0.4, 0.5) is 5.69 Å². The third-order valence-corrected chi connectivity index (χ3v) is 3.13. The van der Waals surface area contributed by atoms with Crippen LogP contribution in [0.5, 0.6) is 11.5 Å². The SMILES string of the molecule is COc1ccccc1NC(=O)COc1ccc(C=O)cc1Cl. The van der Waals surface area contributed by atoms with E-state index >= 15 is 0 Å². The molecule has 1 amide bonds. The summed E-state index contributed by atoms with van der Waals surface area (Å²) in [6.45, 7) is -0.210. The molecule has 114 valence electrons. The van der Waals surface area contributed by atoms with Gasteiger partial charge in [0.25, 0.3) is 5.91 Å². The predicted octanol–water partition coefficient (Wildman–Crippen LogP) is 3.18. The third-order valence-electron chi connectivity index (χ3n) is 2.83. The van der Waals surface area contributed by atoms with Crippen LogP contribution < -0.4 is 14.8 Å². The first-order valence-corrected chi connectivity index (χ1v) is 6.82. The Hall–Kier alpha value is -2.53. The Kier molecular flexibility index (Phi) is 5.38. The van der Waals surface area contributed by atoms with E-state index in [1.54, 1.807) is 36.4 Å². The van der Waals surface area contributed by atoms with E-state index in [2.05, 4.69) is 5.32 Å². The molecule has 5 nitrogen and oxygen atoms in total. The van der Waals surface area contributed by atoms with E-state index in [-0.39, 0.29) is 17.5 Å². The molecule has 0 aliphatic rings. The zero-order chi connectivity index (χ0) is 15.9. The number of benzene rings is 2. The summed E-state index contributed by atoms with van der Waals surface area (Å²) in [6.07, 6.45) is 0.685. The van der Waals surface area contributed by atoms with Crippen molar-refractivity contribution in [1.29, 1.82) is 0 Å². The van der Waals surface area contributed by atoms with Crippen molar-refractivity contribution in [2.24, 2.45) is 0 Å². The molecule has 1 N–H and O–H groups in total. The molecule has 0 aromatic heterocycles. The van der Waals surface area contributed by atoms with E-state index in [1.165, 1.54) is 13.2 Å². The summed E-state index contributed by atoms with van der Waals surface area (Å²) < 4.78 is 10.5. The van der Waals surface area contributed by atoms with Crippen LogP contribution in [0.25, 0.3) is 0 Å². The van der Waals surface area contributed by atoms with Crippen LogP contribution in [0, 0.1) is 0 Å². The highest BCUT2D eigenvalue weighted by Gasteiger charge is 2.09. The number of halogens is 1. The minimum absolute atomic E-state index is 0.210. The average molecular weight is 320 g/mol. The molecule has 0 unspecified atom stereocenters. The molecule has 2 rings (SSSR count). The molecule has 0 fully saturated rings. The molecule has 0 saturated carbocycles. The number of anilines is 1. The minimum atomic E-state index is -0.347. The Balaban J connectivity index is 1.97. The van der Waals surface area contributed by atoms with Crippen LogP contribution in [-0.2, 0) is 4.79 Å². The second-order valence-corrected chi connectivity index (χ2v) is 4.75. The number of aldehydes is 1. The minimum Gasteiger partial charge on any atom is -0.495 e. The van der Waals surface area contributed by atoms with Crippen molar-refractivity contribution in [2.75, 3.05) is 19.0 Å². The van der Waals surface area contributed by atoms with Crippen molar-refractivity contribution in [2.45, 2.75) is 0 Å². The van der Waals surface area contributed by atoms with Crippen molar-refractivity contribution >= 4 is 29.5 Å². The highest BCUT2D eigenvalue weighted by Crippen LogP contribution is 2.25. The smallest absolute Gasteiger partial charge is 0.262 e. The van der Waals surface area contributed by atoms with Gasteiger partial charge >= 0.3 is 0 Å². The summed E-state index contributed by atoms with van der Waals surface area (Å²) in [7, 11) is 1.52. The molecule has 0 radical (unpaired) electrons. The van der Waals surface area contributed by atoms with Crippen LogP contribution in [0.1, 0.15) is 10.4 Å². The monoisotopic (exact) mass is 319 g/mol. The van der Waals surface area contributed by atoms with Gasteiger partial charge in [-0.25, -0.2) is 0 Å². The number of para-hydroxylation sites is 2. The summed E-state index contributed by atoms with van der Waals surface area (Å²) >= 11 is 5.96. The molecule has 6 heteroatoms. The van der Waals surface area contributed by atoms with Gasteiger partial charge in [-0.2, -0.15) is 0 Å². The lowest BCUT2D eigenvalue weighted by Gasteiger charge is -2.11. The first-order chi connectivity index (χ1) is 10.6. The van der Waals surface area contributed by atoms with Gasteiger partial charge in [0.1, 0.15) is 17.8 Å². The predicted molar refractivity (Wildman–Crippen MR) is 84.0 cm³/mol. The fourth-order valence-electron chi connectivity index (χ4n) is 1.78. The number of ether oxygens (including phenoxy) is 2. The van der Waals surface area contributed by atoms with Gasteiger partial charge in [-0.15, -0.1) is 0 Å². The summed E-state index contributed by atoms with van der Waals surface area (Å²) in [5.41, 5.74) is 0.997. The highest BCUT2D eigenvalue weighted by molar-refractivity contribution is 6.32. The molecule has 0 aliphatic heterocycles. The molecule has 22 heavy (non-hydrogen) atoms. The Morgan fingerprint density at radius 1 is 1.23 bits per heavy atom. The Labute approximate surface area is 132 Å². The Morgan fingerprint density at radius 2 is 2.00 bits per heavy atom. The number of rotatable bonds is 6. The molecule has 2 aromatic carbocycles. The van der Waals surface area contributed by atoms with Gasteiger partial charge in [-0.05, 0) is 30.3 Å². The first kappa shape index (κ1) is 15.9. The maximum Gasteiger partial charge on any atom is 0.262 e. The van der Waals surface area contributed by atoms with E-state index in [9.17, 15) is 9.59 Å². The standard InChI is InChI=1S/C16H14ClNO4/c1-21-15-5-3-2-4-13(15)18-16(20)10-22-14-7-6-11(9-19)8-12(14)17/h2-9H,10H2,1H3,(H,18,20). The third kappa shape index (κ3) is 3.99. The number of amides is 1. The topological polar surface area (TPSA) is 64.6 Å². The maximum absolute atomic E-state index is 11.9. The molecule has 0 aliphatic carbocycles. The second kappa shape index (κ2) is 7.47. The highest BCUT2D eigenvalue weighted by atomic mass is 35.5. The maximum atomic E-state index is 11.9. The van der Waals surface area contributed by atoms with Gasteiger partial charge < -0.3 is 14.8 Å². The summed E-state index contributed by atoms with van der Waals surface area (Å²) in [6, 6.07) is 11.6. The second-order valence-electron chi connectivity index (χ2n) is 4.34. The number of carbonyl (C=O) groups excluding carboxylic acids is 2. The van der Waals surface area contributed by atoms with Crippen molar-refractivity contribution in [3.8, 4) is 11.5 Å². The van der Waals surface area contributed by atoms with Crippen LogP contribution in [0.15, 0.2) is 42.5 Å². The van der Waals surface area contributed by atoms with E-state index in [0.717, 1.165) is 0 Å². The molecule has 0 heterocycles. The zero-order valence-corrected chi connectivity index (χ0v) is 12.6. The lowest BCUT2D eigenvalue weighted by atomic mass is 10.2. The fourth-order valence-corrected chi connectivity index (χ4v) is 2.03. The van der Waals surface area contributed by atoms with E-state index < -0.39 is 0 Å².